The van der Waals surface area contributed by atoms with E-state index in [0.29, 0.717) is 14.5 Å². The van der Waals surface area contributed by atoms with Crippen LogP contribution in [0.15, 0.2) is 28.3 Å². The maximum absolute atomic E-state index is 13.5. The molecule has 0 saturated carbocycles. The molecular weight excluding hydrogens is 317 g/mol. The van der Waals surface area contributed by atoms with Crippen molar-refractivity contribution in [3.8, 4) is 0 Å². The first-order chi connectivity index (χ1) is 7.59. The molecule has 1 atom stereocenters. The predicted molar refractivity (Wildman–Crippen MR) is 65.3 cm³/mol. The van der Waals surface area contributed by atoms with Gasteiger partial charge in [0.15, 0.2) is 0 Å². The van der Waals surface area contributed by atoms with Gasteiger partial charge in [-0.25, -0.2) is 9.37 Å². The first-order valence-corrected chi connectivity index (χ1v) is 6.36. The molecule has 16 heavy (non-hydrogen) atoms. The molecular formula is C10H6BrClFNOS. The van der Waals surface area contributed by atoms with Crippen LogP contribution in [0.25, 0.3) is 0 Å². The topological polar surface area (TPSA) is 33.1 Å². The molecule has 1 unspecified atom stereocenters. The molecule has 2 aromatic rings. The van der Waals surface area contributed by atoms with Crippen molar-refractivity contribution in [2.24, 2.45) is 0 Å². The monoisotopic (exact) mass is 321 g/mol. The normalized spacial score (nSPS) is 12.8. The highest BCUT2D eigenvalue weighted by molar-refractivity contribution is 9.10. The minimum absolute atomic E-state index is 0.189. The molecule has 2 rings (SSSR count). The second-order valence-corrected chi connectivity index (χ2v) is 5.15. The van der Waals surface area contributed by atoms with Gasteiger partial charge in [-0.2, -0.15) is 0 Å². The van der Waals surface area contributed by atoms with E-state index in [1.54, 1.807) is 5.51 Å². The zero-order valence-corrected chi connectivity index (χ0v) is 11.0. The lowest BCUT2D eigenvalue weighted by Gasteiger charge is -2.10. The molecule has 1 aromatic carbocycles. The minimum Gasteiger partial charge on any atom is -0.383 e. The van der Waals surface area contributed by atoms with Crippen molar-refractivity contribution in [1.29, 1.82) is 0 Å². The fourth-order valence-corrected chi connectivity index (χ4v) is 2.85. The van der Waals surface area contributed by atoms with Crippen molar-refractivity contribution < 1.29 is 9.50 Å². The number of thiazole rings is 1. The molecule has 0 aliphatic carbocycles. The van der Waals surface area contributed by atoms with E-state index < -0.39 is 11.9 Å². The molecule has 0 aliphatic heterocycles. The van der Waals surface area contributed by atoms with E-state index in [1.807, 2.05) is 0 Å². The quantitative estimate of drug-likeness (QED) is 0.913. The van der Waals surface area contributed by atoms with Gasteiger partial charge >= 0.3 is 0 Å². The summed E-state index contributed by atoms with van der Waals surface area (Å²) in [5, 5.41) is 10.3. The number of halogens is 3. The van der Waals surface area contributed by atoms with Crippen molar-refractivity contribution in [2.45, 2.75) is 6.10 Å². The van der Waals surface area contributed by atoms with Gasteiger partial charge in [-0.1, -0.05) is 17.7 Å². The highest BCUT2D eigenvalue weighted by atomic mass is 79.9. The summed E-state index contributed by atoms with van der Waals surface area (Å²) in [7, 11) is 0. The minimum atomic E-state index is -1.03. The second-order valence-electron chi connectivity index (χ2n) is 3.08. The number of hydrogen-bond acceptors (Lipinski definition) is 3. The summed E-state index contributed by atoms with van der Waals surface area (Å²) in [6.07, 6.45) is -1.03. The molecule has 0 saturated heterocycles. The van der Waals surface area contributed by atoms with E-state index in [-0.39, 0.29) is 5.56 Å². The third kappa shape index (κ3) is 2.27. The number of aromatic nitrogens is 1. The highest BCUT2D eigenvalue weighted by Gasteiger charge is 2.19. The Kier molecular flexibility index (Phi) is 3.59. The number of hydrogen-bond donors (Lipinski definition) is 1. The Bertz CT molecular complexity index is 519. The SMILES string of the molecule is OC(c1ccc(Cl)cc1F)c1scnc1Br. The number of aliphatic hydroxyl groups excluding tert-OH is 1. The van der Waals surface area contributed by atoms with Crippen LogP contribution in [-0.2, 0) is 0 Å². The van der Waals surface area contributed by atoms with Gasteiger partial charge in [0.2, 0.25) is 0 Å². The Morgan fingerprint density at radius 1 is 1.50 bits per heavy atom. The zero-order chi connectivity index (χ0) is 11.7. The number of benzene rings is 1. The standard InChI is InChI=1S/C10H6BrClFNOS/c11-10-9(16-4-14-10)8(15)6-2-1-5(12)3-7(6)13/h1-4,8,15H. The third-order valence-corrected chi connectivity index (χ3v) is 4.07. The van der Waals surface area contributed by atoms with E-state index >= 15 is 0 Å². The van der Waals surface area contributed by atoms with Gasteiger partial charge in [-0.15, -0.1) is 11.3 Å². The number of rotatable bonds is 2. The van der Waals surface area contributed by atoms with E-state index in [1.165, 1.54) is 29.5 Å². The van der Waals surface area contributed by atoms with Crippen LogP contribution in [0.3, 0.4) is 0 Å². The lowest BCUT2D eigenvalue weighted by atomic mass is 10.1. The van der Waals surface area contributed by atoms with Crippen molar-refractivity contribution in [3.63, 3.8) is 0 Å². The first-order valence-electron chi connectivity index (χ1n) is 4.31. The Labute approximate surface area is 109 Å². The summed E-state index contributed by atoms with van der Waals surface area (Å²) in [5.74, 6) is -0.527. The van der Waals surface area contributed by atoms with E-state index in [0.717, 1.165) is 0 Å². The number of nitrogens with zero attached hydrogens (tertiary/aromatic N) is 1. The molecule has 0 aliphatic rings. The van der Waals surface area contributed by atoms with Crippen molar-refractivity contribution in [2.75, 3.05) is 0 Å². The molecule has 1 N–H and O–H groups in total. The van der Waals surface area contributed by atoms with Gasteiger partial charge in [-0.3, -0.25) is 0 Å². The molecule has 1 aromatic heterocycles. The van der Waals surface area contributed by atoms with Crippen molar-refractivity contribution >= 4 is 38.9 Å². The second kappa shape index (κ2) is 4.79. The van der Waals surface area contributed by atoms with E-state index in [9.17, 15) is 9.50 Å². The van der Waals surface area contributed by atoms with Gasteiger partial charge in [0.1, 0.15) is 16.5 Å². The van der Waals surface area contributed by atoms with Crippen LogP contribution < -0.4 is 0 Å². The fraction of sp³-hybridized carbons (Fsp3) is 0.100. The molecule has 0 spiro atoms. The van der Waals surface area contributed by atoms with Crippen LogP contribution in [0.2, 0.25) is 5.02 Å². The molecule has 0 amide bonds. The van der Waals surface area contributed by atoms with Crippen LogP contribution in [0.5, 0.6) is 0 Å². The van der Waals surface area contributed by atoms with Gasteiger partial charge < -0.3 is 5.11 Å². The maximum atomic E-state index is 13.5. The maximum Gasteiger partial charge on any atom is 0.130 e. The average molecular weight is 323 g/mol. The molecule has 1 heterocycles. The summed E-state index contributed by atoms with van der Waals surface area (Å²) < 4.78 is 14.1. The van der Waals surface area contributed by atoms with Gasteiger partial charge in [-0.05, 0) is 28.1 Å². The molecule has 84 valence electrons. The highest BCUT2D eigenvalue weighted by Crippen LogP contribution is 2.32. The molecule has 0 fully saturated rings. The lowest BCUT2D eigenvalue weighted by Crippen LogP contribution is -2.01. The zero-order valence-electron chi connectivity index (χ0n) is 7.82. The van der Waals surface area contributed by atoms with Crippen LogP contribution in [-0.4, -0.2) is 10.1 Å². The van der Waals surface area contributed by atoms with Crippen molar-refractivity contribution in [1.82, 2.24) is 4.98 Å². The summed E-state index contributed by atoms with van der Waals surface area (Å²) >= 11 is 10.1. The van der Waals surface area contributed by atoms with Gasteiger partial charge in [0.05, 0.1) is 10.4 Å². The van der Waals surface area contributed by atoms with Crippen molar-refractivity contribution in [3.05, 3.63) is 49.6 Å². The van der Waals surface area contributed by atoms with E-state index in [2.05, 4.69) is 20.9 Å². The Balaban J connectivity index is 2.41. The first kappa shape index (κ1) is 12.0. The summed E-state index contributed by atoms with van der Waals surface area (Å²) in [5.41, 5.74) is 1.77. The Morgan fingerprint density at radius 2 is 2.25 bits per heavy atom. The molecule has 0 radical (unpaired) electrons. The summed E-state index contributed by atoms with van der Waals surface area (Å²) in [6.45, 7) is 0. The molecule has 2 nitrogen and oxygen atoms in total. The van der Waals surface area contributed by atoms with E-state index in [4.69, 9.17) is 11.6 Å². The largest absolute Gasteiger partial charge is 0.383 e. The van der Waals surface area contributed by atoms with Gasteiger partial charge in [0.25, 0.3) is 0 Å². The van der Waals surface area contributed by atoms with Crippen LogP contribution in [0, 0.1) is 5.82 Å². The average Bonchev–Trinajstić information content (AvgIpc) is 2.63. The fourth-order valence-electron chi connectivity index (χ4n) is 1.28. The third-order valence-electron chi connectivity index (χ3n) is 2.05. The van der Waals surface area contributed by atoms with Crippen LogP contribution in [0.1, 0.15) is 16.5 Å². The van der Waals surface area contributed by atoms with Crippen LogP contribution in [0.4, 0.5) is 4.39 Å². The van der Waals surface area contributed by atoms with Gasteiger partial charge in [0, 0.05) is 10.6 Å². The smallest absolute Gasteiger partial charge is 0.130 e. The summed E-state index contributed by atoms with van der Waals surface area (Å²) in [6, 6.07) is 4.18. The predicted octanol–water partition coefficient (Wildman–Crippen LogP) is 3.78. The summed E-state index contributed by atoms with van der Waals surface area (Å²) in [4.78, 5) is 4.51. The number of aliphatic hydroxyl groups is 1. The Morgan fingerprint density at radius 3 is 2.81 bits per heavy atom. The van der Waals surface area contributed by atoms with Crippen LogP contribution >= 0.6 is 38.9 Å². The Hall–Kier alpha value is -0.490. The molecule has 0 bridgehead atoms. The molecule has 6 heteroatoms. The lowest BCUT2D eigenvalue weighted by molar-refractivity contribution is 0.218.